The van der Waals surface area contributed by atoms with Crippen molar-refractivity contribution in [2.45, 2.75) is 32.8 Å². The Labute approximate surface area is 138 Å². The van der Waals surface area contributed by atoms with Gasteiger partial charge in [0.15, 0.2) is 0 Å². The molecule has 0 N–H and O–H groups in total. The lowest BCUT2D eigenvalue weighted by Crippen LogP contribution is -2.44. The van der Waals surface area contributed by atoms with E-state index in [4.69, 9.17) is 16.3 Å². The summed E-state index contributed by atoms with van der Waals surface area (Å²) in [5.74, 6) is -0.359. The lowest BCUT2D eigenvalue weighted by atomic mass is 10.1. The van der Waals surface area contributed by atoms with Gasteiger partial charge in [0, 0.05) is 31.9 Å². The molecule has 5 heteroatoms. The van der Waals surface area contributed by atoms with Crippen LogP contribution < -0.4 is 4.90 Å². The fourth-order valence-electron chi connectivity index (χ4n) is 2.31. The van der Waals surface area contributed by atoms with Crippen molar-refractivity contribution in [3.8, 4) is 0 Å². The quantitative estimate of drug-likeness (QED) is 0.794. The van der Waals surface area contributed by atoms with Crippen LogP contribution in [-0.2, 0) is 4.74 Å². The summed E-state index contributed by atoms with van der Waals surface area (Å²) in [4.78, 5) is 16.8. The molecule has 0 spiro atoms. The maximum absolute atomic E-state index is 12.2. The highest BCUT2D eigenvalue weighted by Gasteiger charge is 2.23. The number of benzene rings is 1. The number of ether oxygens (including phenoxy) is 1. The maximum Gasteiger partial charge on any atom is 0.340 e. The molecule has 0 aliphatic carbocycles. The molecule has 0 unspecified atom stereocenters. The Balaban J connectivity index is 2.11. The number of carbonyl (C=O) groups excluding carboxylic acids is 1. The molecule has 1 heterocycles. The molecule has 1 saturated heterocycles. The smallest absolute Gasteiger partial charge is 0.340 e. The number of hydrogen-bond donors (Lipinski definition) is 0. The van der Waals surface area contributed by atoms with E-state index in [1.54, 1.807) is 6.07 Å². The molecule has 1 aromatic rings. The van der Waals surface area contributed by atoms with Crippen LogP contribution in [0.25, 0.3) is 0 Å². The number of likely N-dealkylation sites (N-methyl/N-ethyl adjacent to an activating group) is 1. The van der Waals surface area contributed by atoms with Crippen molar-refractivity contribution in [3.63, 3.8) is 0 Å². The second-order valence-electron chi connectivity index (χ2n) is 6.46. The van der Waals surface area contributed by atoms with Gasteiger partial charge in [0.05, 0.1) is 10.6 Å². The molecule has 2 rings (SSSR count). The summed E-state index contributed by atoms with van der Waals surface area (Å²) < 4.78 is 5.51. The van der Waals surface area contributed by atoms with Crippen molar-refractivity contribution in [3.05, 3.63) is 28.8 Å². The fraction of sp³-hybridized carbons (Fsp3) is 0.588. The van der Waals surface area contributed by atoms with Gasteiger partial charge in [0.1, 0.15) is 5.60 Å². The number of rotatable bonds is 4. The van der Waals surface area contributed by atoms with E-state index in [9.17, 15) is 4.79 Å². The van der Waals surface area contributed by atoms with E-state index in [0.717, 1.165) is 38.3 Å². The van der Waals surface area contributed by atoms with Crippen molar-refractivity contribution in [2.24, 2.45) is 0 Å². The second-order valence-corrected chi connectivity index (χ2v) is 6.86. The van der Waals surface area contributed by atoms with Crippen LogP contribution in [0.15, 0.2) is 18.2 Å². The molecule has 4 nitrogen and oxygen atoms in total. The average molecular weight is 325 g/mol. The molecular formula is C17H25ClN2O2. The normalized spacial score (nSPS) is 16.7. The number of nitrogens with zero attached hydrogens (tertiary/aromatic N) is 2. The van der Waals surface area contributed by atoms with Gasteiger partial charge in [0.2, 0.25) is 0 Å². The van der Waals surface area contributed by atoms with Crippen LogP contribution in [-0.4, -0.2) is 49.7 Å². The standard InChI is InChI=1S/C17H25ClN2O2/c1-5-17(2,3)22-16(21)14-7-6-13(12-15(14)18)20-10-8-19(4)9-11-20/h6-7,12H,5,8-11H2,1-4H3. The zero-order valence-electron chi connectivity index (χ0n) is 13.9. The van der Waals surface area contributed by atoms with Crippen molar-refractivity contribution in [2.75, 3.05) is 38.1 Å². The molecule has 0 saturated carbocycles. The second kappa shape index (κ2) is 6.88. The number of piperazine rings is 1. The highest BCUT2D eigenvalue weighted by atomic mass is 35.5. The minimum absolute atomic E-state index is 0.359. The lowest BCUT2D eigenvalue weighted by Gasteiger charge is -2.34. The monoisotopic (exact) mass is 324 g/mol. The Morgan fingerprint density at radius 3 is 2.45 bits per heavy atom. The van der Waals surface area contributed by atoms with E-state index < -0.39 is 5.60 Å². The van der Waals surface area contributed by atoms with Crippen molar-refractivity contribution in [1.29, 1.82) is 0 Å². The van der Waals surface area contributed by atoms with Crippen LogP contribution in [0.3, 0.4) is 0 Å². The third-order valence-corrected chi connectivity index (χ3v) is 4.57. The van der Waals surface area contributed by atoms with Crippen LogP contribution >= 0.6 is 11.6 Å². The van der Waals surface area contributed by atoms with E-state index in [2.05, 4.69) is 16.8 Å². The van der Waals surface area contributed by atoms with Gasteiger partial charge in [-0.15, -0.1) is 0 Å². The SMILES string of the molecule is CCC(C)(C)OC(=O)c1ccc(N2CCN(C)CC2)cc1Cl. The summed E-state index contributed by atoms with van der Waals surface area (Å²) in [7, 11) is 2.12. The first kappa shape index (κ1) is 17.1. The first-order valence-corrected chi connectivity index (χ1v) is 8.16. The Bertz CT molecular complexity index is 537. The Morgan fingerprint density at radius 2 is 1.91 bits per heavy atom. The predicted octanol–water partition coefficient (Wildman–Crippen LogP) is 3.44. The predicted molar refractivity (Wildman–Crippen MR) is 90.9 cm³/mol. The van der Waals surface area contributed by atoms with E-state index >= 15 is 0 Å². The van der Waals surface area contributed by atoms with Gasteiger partial charge in [0.25, 0.3) is 0 Å². The number of esters is 1. The van der Waals surface area contributed by atoms with Crippen LogP contribution in [0.4, 0.5) is 5.69 Å². The van der Waals surface area contributed by atoms with Gasteiger partial charge in [-0.25, -0.2) is 4.79 Å². The van der Waals surface area contributed by atoms with E-state index in [1.807, 2.05) is 32.9 Å². The summed E-state index contributed by atoms with van der Waals surface area (Å²) in [5, 5.41) is 0.452. The fourth-order valence-corrected chi connectivity index (χ4v) is 2.56. The lowest BCUT2D eigenvalue weighted by molar-refractivity contribution is -0.00240. The third kappa shape index (κ3) is 4.14. The minimum Gasteiger partial charge on any atom is -0.456 e. The van der Waals surface area contributed by atoms with Crippen molar-refractivity contribution in [1.82, 2.24) is 4.90 Å². The van der Waals surface area contributed by atoms with Gasteiger partial charge < -0.3 is 14.5 Å². The summed E-state index contributed by atoms with van der Waals surface area (Å²) in [6, 6.07) is 5.58. The van der Waals surface area contributed by atoms with E-state index in [-0.39, 0.29) is 5.97 Å². The molecule has 0 bridgehead atoms. The number of halogens is 1. The Morgan fingerprint density at radius 1 is 1.27 bits per heavy atom. The molecule has 22 heavy (non-hydrogen) atoms. The molecule has 0 aromatic heterocycles. The van der Waals surface area contributed by atoms with Gasteiger partial charge >= 0.3 is 5.97 Å². The van der Waals surface area contributed by atoms with Crippen molar-refractivity contribution >= 4 is 23.3 Å². The zero-order chi connectivity index (χ0) is 16.3. The molecule has 1 aliphatic rings. The first-order valence-electron chi connectivity index (χ1n) is 7.79. The topological polar surface area (TPSA) is 32.8 Å². The van der Waals surface area contributed by atoms with Gasteiger partial charge in [-0.05, 0) is 45.5 Å². The average Bonchev–Trinajstić information content (AvgIpc) is 2.47. The molecule has 0 amide bonds. The molecule has 1 aliphatic heterocycles. The minimum atomic E-state index is -0.476. The van der Waals surface area contributed by atoms with Gasteiger partial charge in [-0.1, -0.05) is 18.5 Å². The molecule has 0 radical (unpaired) electrons. The van der Waals surface area contributed by atoms with Gasteiger partial charge in [-0.2, -0.15) is 0 Å². The molecular weight excluding hydrogens is 300 g/mol. The highest BCUT2D eigenvalue weighted by molar-refractivity contribution is 6.33. The van der Waals surface area contributed by atoms with Crippen molar-refractivity contribution < 1.29 is 9.53 Å². The number of carbonyl (C=O) groups is 1. The summed E-state index contributed by atoms with van der Waals surface area (Å²) in [6.45, 7) is 9.80. The summed E-state index contributed by atoms with van der Waals surface area (Å²) in [5.41, 5.74) is 1.02. The van der Waals surface area contributed by atoms with Crippen LogP contribution in [0.1, 0.15) is 37.6 Å². The van der Waals surface area contributed by atoms with E-state index in [1.165, 1.54) is 0 Å². The van der Waals surface area contributed by atoms with Crippen LogP contribution in [0.2, 0.25) is 5.02 Å². The number of anilines is 1. The molecule has 0 atom stereocenters. The maximum atomic E-state index is 12.2. The van der Waals surface area contributed by atoms with Gasteiger partial charge in [-0.3, -0.25) is 0 Å². The largest absolute Gasteiger partial charge is 0.456 e. The molecule has 1 aromatic carbocycles. The van der Waals surface area contributed by atoms with Crippen LogP contribution in [0, 0.1) is 0 Å². The zero-order valence-corrected chi connectivity index (χ0v) is 14.6. The Hall–Kier alpha value is -1.26. The molecule has 1 fully saturated rings. The third-order valence-electron chi connectivity index (χ3n) is 4.26. The number of hydrogen-bond acceptors (Lipinski definition) is 4. The summed E-state index contributed by atoms with van der Waals surface area (Å²) >= 11 is 6.31. The van der Waals surface area contributed by atoms with Crippen LogP contribution in [0.5, 0.6) is 0 Å². The molecule has 122 valence electrons. The first-order chi connectivity index (χ1) is 10.3. The summed E-state index contributed by atoms with van der Waals surface area (Å²) in [6.07, 6.45) is 0.760. The Kier molecular flexibility index (Phi) is 5.35. The van der Waals surface area contributed by atoms with E-state index in [0.29, 0.717) is 10.6 Å². The highest BCUT2D eigenvalue weighted by Crippen LogP contribution is 2.27.